The molecule has 0 radical (unpaired) electrons. The zero-order valence-corrected chi connectivity index (χ0v) is 14.3. The summed E-state index contributed by atoms with van der Waals surface area (Å²) in [6, 6.07) is 5.30. The van der Waals surface area contributed by atoms with Crippen LogP contribution in [0.3, 0.4) is 0 Å². The molecule has 5 nitrogen and oxygen atoms in total. The molecule has 0 aliphatic heterocycles. The second kappa shape index (κ2) is 5.97. The topological polar surface area (TPSA) is 80.3 Å². The average molecular weight is 421 g/mol. The van der Waals surface area contributed by atoms with Crippen molar-refractivity contribution in [3.8, 4) is 0 Å². The van der Waals surface area contributed by atoms with Crippen LogP contribution in [0.25, 0.3) is 0 Å². The molecule has 0 saturated heterocycles. The first-order valence-electron chi connectivity index (χ1n) is 4.65. The van der Waals surface area contributed by atoms with Crippen molar-refractivity contribution in [2.45, 2.75) is 4.90 Å². The van der Waals surface area contributed by atoms with Gasteiger partial charge in [0.05, 0.1) is 5.69 Å². The predicted octanol–water partition coefficient (Wildman–Crippen LogP) is 1.76. The molecule has 0 heterocycles. The lowest BCUT2D eigenvalue weighted by Gasteiger charge is -2.10. The van der Waals surface area contributed by atoms with E-state index in [1.54, 1.807) is 12.1 Å². The van der Waals surface area contributed by atoms with Crippen LogP contribution in [-0.2, 0) is 19.9 Å². The van der Waals surface area contributed by atoms with E-state index in [1.165, 1.54) is 11.8 Å². The molecule has 0 atom stereocenters. The highest BCUT2D eigenvalue weighted by Gasteiger charge is 2.19. The molecule has 18 heavy (non-hydrogen) atoms. The Morgan fingerprint density at radius 2 is 1.89 bits per heavy atom. The molecule has 1 N–H and O–H groups in total. The van der Waals surface area contributed by atoms with Crippen molar-refractivity contribution in [1.29, 1.82) is 0 Å². The minimum Gasteiger partial charge on any atom is -0.282 e. The van der Waals surface area contributed by atoms with Gasteiger partial charge in [0.15, 0.2) is 14.9 Å². The highest BCUT2D eigenvalue weighted by Crippen LogP contribution is 2.25. The Hall–Kier alpha value is -0.000000000000000222. The molecule has 0 aromatic heterocycles. The summed E-state index contributed by atoms with van der Waals surface area (Å²) in [5, 5.41) is -0.917. The van der Waals surface area contributed by atoms with E-state index in [2.05, 4.69) is 4.72 Å². The van der Waals surface area contributed by atoms with Crippen LogP contribution in [-0.4, -0.2) is 34.4 Å². The Labute approximate surface area is 125 Å². The van der Waals surface area contributed by atoms with E-state index in [1.807, 2.05) is 34.9 Å². The van der Waals surface area contributed by atoms with Gasteiger partial charge in [0, 0.05) is 14.7 Å². The van der Waals surface area contributed by atoms with Gasteiger partial charge < -0.3 is 0 Å². The maximum atomic E-state index is 11.7. The normalized spacial score (nSPS) is 12.4. The van der Waals surface area contributed by atoms with Crippen molar-refractivity contribution in [3.63, 3.8) is 0 Å². The molecule has 0 unspecified atom stereocenters. The molecule has 0 aliphatic rings. The molecule has 0 amide bonds. The summed E-state index contributed by atoms with van der Waals surface area (Å²) in [5.41, 5.74) is 0.395. The standard InChI is InChI=1S/C9H12INO4S3/c1-16-7-3-4-8(10)9(5-7)11-18(14,15)6-17(2,12)13/h3-5,11H,6H2,1-2H3. The quantitative estimate of drug-likeness (QED) is 0.579. The zero-order valence-electron chi connectivity index (χ0n) is 9.67. The van der Waals surface area contributed by atoms with E-state index < -0.39 is 24.9 Å². The number of benzene rings is 1. The van der Waals surface area contributed by atoms with Crippen molar-refractivity contribution < 1.29 is 16.8 Å². The molecule has 9 heteroatoms. The predicted molar refractivity (Wildman–Crippen MR) is 83.2 cm³/mol. The first-order valence-corrected chi connectivity index (χ1v) is 10.7. The van der Waals surface area contributed by atoms with Gasteiger partial charge in [-0.1, -0.05) is 0 Å². The fourth-order valence-electron chi connectivity index (χ4n) is 1.19. The largest absolute Gasteiger partial charge is 0.282 e. The Morgan fingerprint density at radius 1 is 1.28 bits per heavy atom. The van der Waals surface area contributed by atoms with Crippen molar-refractivity contribution in [2.24, 2.45) is 0 Å². The van der Waals surface area contributed by atoms with E-state index in [0.29, 0.717) is 9.26 Å². The van der Waals surface area contributed by atoms with E-state index in [4.69, 9.17) is 0 Å². The van der Waals surface area contributed by atoms with Crippen LogP contribution in [0, 0.1) is 3.57 Å². The third-order valence-electron chi connectivity index (χ3n) is 1.81. The van der Waals surface area contributed by atoms with Gasteiger partial charge in [0.2, 0.25) is 10.0 Å². The summed E-state index contributed by atoms with van der Waals surface area (Å²) in [6.07, 6.45) is 2.76. The lowest BCUT2D eigenvalue weighted by atomic mass is 10.3. The molecule has 0 aliphatic carbocycles. The van der Waals surface area contributed by atoms with Gasteiger partial charge in [-0.15, -0.1) is 11.8 Å². The van der Waals surface area contributed by atoms with Crippen LogP contribution in [0.4, 0.5) is 5.69 Å². The number of thioether (sulfide) groups is 1. The minimum atomic E-state index is -3.89. The molecule has 0 fully saturated rings. The van der Waals surface area contributed by atoms with Crippen molar-refractivity contribution >= 4 is 59.9 Å². The summed E-state index contributed by atoms with van der Waals surface area (Å²) in [7, 11) is -7.48. The second-order valence-corrected chi connectivity index (χ2v) is 9.88. The molecule has 0 spiro atoms. The maximum absolute atomic E-state index is 11.7. The Morgan fingerprint density at radius 3 is 2.39 bits per heavy atom. The molecule has 0 bridgehead atoms. The minimum absolute atomic E-state index is 0.395. The van der Waals surface area contributed by atoms with Crippen molar-refractivity contribution in [1.82, 2.24) is 0 Å². The van der Waals surface area contributed by atoms with Crippen molar-refractivity contribution in [2.75, 3.05) is 22.3 Å². The first-order chi connectivity index (χ1) is 8.13. The third kappa shape index (κ3) is 5.33. The number of hydrogen-bond acceptors (Lipinski definition) is 5. The van der Waals surface area contributed by atoms with E-state index in [-0.39, 0.29) is 0 Å². The van der Waals surface area contributed by atoms with Gasteiger partial charge >= 0.3 is 0 Å². The van der Waals surface area contributed by atoms with Crippen LogP contribution >= 0.6 is 34.4 Å². The zero-order chi connectivity index (χ0) is 14.0. The Balaban J connectivity index is 3.04. The van der Waals surface area contributed by atoms with Crippen LogP contribution in [0.5, 0.6) is 0 Å². The lowest BCUT2D eigenvalue weighted by Crippen LogP contribution is -2.22. The number of sulfone groups is 1. The van der Waals surface area contributed by atoms with E-state index in [0.717, 1.165) is 11.2 Å². The van der Waals surface area contributed by atoms with Crippen LogP contribution in [0.15, 0.2) is 23.1 Å². The monoisotopic (exact) mass is 421 g/mol. The molecular formula is C9H12INO4S3. The molecule has 0 saturated carbocycles. The summed E-state index contributed by atoms with van der Waals surface area (Å²) in [5.74, 6) is 0. The molecule has 1 aromatic rings. The van der Waals surface area contributed by atoms with Crippen LogP contribution in [0.1, 0.15) is 0 Å². The fourth-order valence-corrected chi connectivity index (χ4v) is 5.28. The maximum Gasteiger partial charge on any atom is 0.247 e. The number of nitrogens with one attached hydrogen (secondary N) is 1. The number of hydrogen-bond donors (Lipinski definition) is 1. The van der Waals surface area contributed by atoms with Crippen LogP contribution in [0.2, 0.25) is 0 Å². The molecule has 1 aromatic carbocycles. The van der Waals surface area contributed by atoms with Gasteiger partial charge in [-0.05, 0) is 47.0 Å². The summed E-state index contributed by atoms with van der Waals surface area (Å²) < 4.78 is 48.4. The smallest absolute Gasteiger partial charge is 0.247 e. The van der Waals surface area contributed by atoms with Gasteiger partial charge in [-0.2, -0.15) is 0 Å². The highest BCUT2D eigenvalue weighted by molar-refractivity contribution is 14.1. The third-order valence-corrected chi connectivity index (χ3v) is 6.96. The van der Waals surface area contributed by atoms with Crippen LogP contribution < -0.4 is 4.72 Å². The number of halogens is 1. The fraction of sp³-hybridized carbons (Fsp3) is 0.333. The number of anilines is 1. The van der Waals surface area contributed by atoms with Gasteiger partial charge in [0.25, 0.3) is 0 Å². The van der Waals surface area contributed by atoms with Gasteiger partial charge in [0.1, 0.15) is 0 Å². The summed E-state index contributed by atoms with van der Waals surface area (Å²) >= 11 is 3.46. The average Bonchev–Trinajstić information content (AvgIpc) is 2.17. The second-order valence-electron chi connectivity index (χ2n) is 3.61. The van der Waals surface area contributed by atoms with Crippen molar-refractivity contribution in [3.05, 3.63) is 21.8 Å². The first kappa shape index (κ1) is 16.1. The molecule has 102 valence electrons. The Bertz CT molecular complexity index is 640. The van der Waals surface area contributed by atoms with Gasteiger partial charge in [-0.3, -0.25) is 4.72 Å². The summed E-state index contributed by atoms with van der Waals surface area (Å²) in [6.45, 7) is 0. The number of rotatable bonds is 5. The van der Waals surface area contributed by atoms with E-state index in [9.17, 15) is 16.8 Å². The highest BCUT2D eigenvalue weighted by atomic mass is 127. The van der Waals surface area contributed by atoms with E-state index >= 15 is 0 Å². The lowest BCUT2D eigenvalue weighted by molar-refractivity contribution is 0.595. The molecular weight excluding hydrogens is 409 g/mol. The SMILES string of the molecule is CSc1ccc(I)c(NS(=O)(=O)CS(C)(=O)=O)c1. The van der Waals surface area contributed by atoms with Gasteiger partial charge in [-0.25, -0.2) is 16.8 Å². The summed E-state index contributed by atoms with van der Waals surface area (Å²) in [4.78, 5) is 0.896. The molecule has 1 rings (SSSR count). The Kier molecular flexibility index (Phi) is 5.32. The number of sulfonamides is 1.